The van der Waals surface area contributed by atoms with Crippen molar-refractivity contribution >= 4 is 11.6 Å². The third-order valence-corrected chi connectivity index (χ3v) is 4.14. The molecule has 100 valence electrons. The molecule has 0 aliphatic carbocycles. The molecule has 3 unspecified atom stereocenters. The lowest BCUT2D eigenvalue weighted by Gasteiger charge is -2.21. The topological polar surface area (TPSA) is 29.3 Å². The standard InChI is InChI=1S/C14H20ClFN2/c1-9(16)11-3-4-12(13(15)6-11)14-5-10(7-17)8-18(14)2/h3-4,6,9-10,14H,5,7-8,17H2,1-2H3. The second-order valence-electron chi connectivity index (χ2n) is 5.19. The van der Waals surface area contributed by atoms with E-state index in [1.807, 2.05) is 12.1 Å². The second kappa shape index (κ2) is 5.55. The van der Waals surface area contributed by atoms with Crippen LogP contribution in [0.2, 0.25) is 5.02 Å². The van der Waals surface area contributed by atoms with Gasteiger partial charge in [0.05, 0.1) is 0 Å². The van der Waals surface area contributed by atoms with Crippen LogP contribution in [0, 0.1) is 5.92 Å². The predicted molar refractivity (Wildman–Crippen MR) is 73.5 cm³/mol. The van der Waals surface area contributed by atoms with Crippen molar-refractivity contribution in [3.8, 4) is 0 Å². The molecule has 1 aliphatic rings. The number of alkyl halides is 1. The minimum absolute atomic E-state index is 0.301. The molecule has 2 nitrogen and oxygen atoms in total. The van der Waals surface area contributed by atoms with Crippen LogP contribution in [0.1, 0.15) is 36.7 Å². The van der Waals surface area contributed by atoms with Crippen LogP contribution in [0.3, 0.4) is 0 Å². The summed E-state index contributed by atoms with van der Waals surface area (Å²) in [6.45, 7) is 3.23. The summed E-state index contributed by atoms with van der Waals surface area (Å²) in [7, 11) is 2.09. The van der Waals surface area contributed by atoms with Crippen molar-refractivity contribution in [1.29, 1.82) is 0 Å². The van der Waals surface area contributed by atoms with Gasteiger partial charge in [0.1, 0.15) is 6.17 Å². The lowest BCUT2D eigenvalue weighted by atomic mass is 9.98. The molecule has 2 N–H and O–H groups in total. The summed E-state index contributed by atoms with van der Waals surface area (Å²) < 4.78 is 13.2. The molecule has 0 bridgehead atoms. The Morgan fingerprint density at radius 3 is 2.78 bits per heavy atom. The molecule has 0 spiro atoms. The largest absolute Gasteiger partial charge is 0.330 e. The minimum Gasteiger partial charge on any atom is -0.330 e. The molecule has 0 saturated carbocycles. The molecule has 1 saturated heterocycles. The molecule has 1 heterocycles. The third kappa shape index (κ3) is 2.68. The van der Waals surface area contributed by atoms with Gasteiger partial charge in [-0.25, -0.2) is 4.39 Å². The van der Waals surface area contributed by atoms with E-state index in [0.717, 1.165) is 18.5 Å². The molecule has 1 aromatic rings. The number of halogens is 2. The maximum atomic E-state index is 13.2. The normalized spacial score (nSPS) is 26.5. The number of nitrogens with zero attached hydrogens (tertiary/aromatic N) is 1. The zero-order valence-corrected chi connectivity index (χ0v) is 11.6. The van der Waals surface area contributed by atoms with Gasteiger partial charge in [-0.3, -0.25) is 4.90 Å². The second-order valence-corrected chi connectivity index (χ2v) is 5.60. The van der Waals surface area contributed by atoms with Crippen molar-refractivity contribution in [2.24, 2.45) is 11.7 Å². The number of hydrogen-bond donors (Lipinski definition) is 1. The summed E-state index contributed by atoms with van der Waals surface area (Å²) in [4.78, 5) is 2.28. The molecule has 1 aromatic carbocycles. The molecule has 18 heavy (non-hydrogen) atoms. The van der Waals surface area contributed by atoms with Gasteiger partial charge in [-0.15, -0.1) is 0 Å². The highest BCUT2D eigenvalue weighted by Gasteiger charge is 2.30. The number of nitrogens with two attached hydrogens (primary N) is 1. The Kier molecular flexibility index (Phi) is 4.25. The molecular weight excluding hydrogens is 251 g/mol. The van der Waals surface area contributed by atoms with Gasteiger partial charge in [0.25, 0.3) is 0 Å². The van der Waals surface area contributed by atoms with E-state index in [1.165, 1.54) is 6.92 Å². The Morgan fingerprint density at radius 2 is 2.28 bits per heavy atom. The molecule has 1 aliphatic heterocycles. The number of rotatable bonds is 3. The minimum atomic E-state index is -0.977. The fraction of sp³-hybridized carbons (Fsp3) is 0.571. The van der Waals surface area contributed by atoms with Crippen molar-refractivity contribution in [2.45, 2.75) is 25.6 Å². The Bertz CT molecular complexity index is 422. The fourth-order valence-corrected chi connectivity index (χ4v) is 3.02. The molecule has 3 atom stereocenters. The molecule has 1 fully saturated rings. The highest BCUT2D eigenvalue weighted by molar-refractivity contribution is 6.31. The Labute approximate surface area is 113 Å². The quantitative estimate of drug-likeness (QED) is 0.913. The first-order chi connectivity index (χ1) is 8.52. The highest BCUT2D eigenvalue weighted by Crippen LogP contribution is 2.38. The highest BCUT2D eigenvalue weighted by atomic mass is 35.5. The van der Waals surface area contributed by atoms with E-state index in [-0.39, 0.29) is 0 Å². The first-order valence-corrected chi connectivity index (χ1v) is 6.74. The van der Waals surface area contributed by atoms with Gasteiger partial charge in [0.15, 0.2) is 0 Å². The Balaban J connectivity index is 2.24. The zero-order chi connectivity index (χ0) is 13.3. The van der Waals surface area contributed by atoms with Crippen LogP contribution in [0.4, 0.5) is 4.39 Å². The zero-order valence-electron chi connectivity index (χ0n) is 10.9. The van der Waals surface area contributed by atoms with Crippen LogP contribution < -0.4 is 5.73 Å². The van der Waals surface area contributed by atoms with Crippen LogP contribution in [0.15, 0.2) is 18.2 Å². The predicted octanol–water partition coefficient (Wildman–Crippen LogP) is 3.32. The van der Waals surface area contributed by atoms with Gasteiger partial charge in [-0.1, -0.05) is 23.7 Å². The van der Waals surface area contributed by atoms with E-state index in [2.05, 4.69) is 11.9 Å². The van der Waals surface area contributed by atoms with Crippen LogP contribution in [-0.4, -0.2) is 25.0 Å². The van der Waals surface area contributed by atoms with E-state index in [9.17, 15) is 4.39 Å². The van der Waals surface area contributed by atoms with Crippen molar-refractivity contribution in [3.63, 3.8) is 0 Å². The lowest BCUT2D eigenvalue weighted by molar-refractivity contribution is 0.313. The fourth-order valence-electron chi connectivity index (χ4n) is 2.70. The maximum Gasteiger partial charge on any atom is 0.122 e. The monoisotopic (exact) mass is 270 g/mol. The van der Waals surface area contributed by atoms with Gasteiger partial charge in [-0.2, -0.15) is 0 Å². The van der Waals surface area contributed by atoms with E-state index in [4.69, 9.17) is 17.3 Å². The van der Waals surface area contributed by atoms with Gasteiger partial charge in [-0.05, 0) is 50.0 Å². The number of likely N-dealkylation sites (tertiary alicyclic amines) is 1. The average Bonchev–Trinajstić information content (AvgIpc) is 2.70. The summed E-state index contributed by atoms with van der Waals surface area (Å²) in [5.74, 6) is 0.524. The SMILES string of the molecule is CC(F)c1ccc(C2CC(CN)CN2C)c(Cl)c1. The van der Waals surface area contributed by atoms with E-state index in [1.54, 1.807) is 6.07 Å². The summed E-state index contributed by atoms with van der Waals surface area (Å²) >= 11 is 6.29. The van der Waals surface area contributed by atoms with Crippen LogP contribution >= 0.6 is 11.6 Å². The molecule has 0 amide bonds. The molecular formula is C14H20ClFN2. The van der Waals surface area contributed by atoms with Gasteiger partial charge in [0.2, 0.25) is 0 Å². The molecule has 0 aromatic heterocycles. The number of hydrogen-bond acceptors (Lipinski definition) is 2. The van der Waals surface area contributed by atoms with Crippen LogP contribution in [0.5, 0.6) is 0 Å². The molecule has 2 rings (SSSR count). The molecule has 0 radical (unpaired) electrons. The van der Waals surface area contributed by atoms with Crippen molar-refractivity contribution in [3.05, 3.63) is 34.3 Å². The maximum absolute atomic E-state index is 13.2. The lowest BCUT2D eigenvalue weighted by Crippen LogP contribution is -2.20. The Morgan fingerprint density at radius 1 is 1.56 bits per heavy atom. The van der Waals surface area contributed by atoms with Crippen molar-refractivity contribution in [1.82, 2.24) is 4.90 Å². The first-order valence-electron chi connectivity index (χ1n) is 6.36. The average molecular weight is 271 g/mol. The van der Waals surface area contributed by atoms with E-state index in [0.29, 0.717) is 29.1 Å². The summed E-state index contributed by atoms with van der Waals surface area (Å²) in [5.41, 5.74) is 7.45. The van der Waals surface area contributed by atoms with Crippen LogP contribution in [-0.2, 0) is 0 Å². The molecule has 4 heteroatoms. The van der Waals surface area contributed by atoms with Gasteiger partial charge < -0.3 is 5.73 Å². The smallest absolute Gasteiger partial charge is 0.122 e. The van der Waals surface area contributed by atoms with Crippen molar-refractivity contribution < 1.29 is 4.39 Å². The summed E-state index contributed by atoms with van der Waals surface area (Å²) in [6, 6.07) is 5.82. The van der Waals surface area contributed by atoms with Crippen LogP contribution in [0.25, 0.3) is 0 Å². The first kappa shape index (κ1) is 13.8. The Hall–Kier alpha value is -0.640. The van der Waals surface area contributed by atoms with Crippen molar-refractivity contribution in [2.75, 3.05) is 20.1 Å². The third-order valence-electron chi connectivity index (χ3n) is 3.81. The number of benzene rings is 1. The summed E-state index contributed by atoms with van der Waals surface area (Å²) in [5, 5.41) is 0.659. The van der Waals surface area contributed by atoms with Gasteiger partial charge >= 0.3 is 0 Å². The van der Waals surface area contributed by atoms with E-state index >= 15 is 0 Å². The van der Waals surface area contributed by atoms with E-state index < -0.39 is 6.17 Å². The summed E-state index contributed by atoms with van der Waals surface area (Å²) in [6.07, 6.45) is 0.0479. The van der Waals surface area contributed by atoms with Gasteiger partial charge in [0, 0.05) is 17.6 Å².